The number of amides is 1. The van der Waals surface area contributed by atoms with Gasteiger partial charge in [0.05, 0.1) is 18.2 Å². The van der Waals surface area contributed by atoms with E-state index < -0.39 is 0 Å². The van der Waals surface area contributed by atoms with Crippen molar-refractivity contribution in [3.63, 3.8) is 0 Å². The Hall–Kier alpha value is -1.26. The lowest BCUT2D eigenvalue weighted by Crippen LogP contribution is -2.07. The maximum atomic E-state index is 11.0. The molecule has 0 radical (unpaired) electrons. The zero-order chi connectivity index (χ0) is 12.8. The number of carbonyl (C=O) groups excluding carboxylic acids is 1. The Bertz CT molecular complexity index is 407. The maximum Gasteiger partial charge on any atom is 0.221 e. The van der Waals surface area contributed by atoms with Gasteiger partial charge in [0.1, 0.15) is 5.75 Å². The van der Waals surface area contributed by atoms with Crippen LogP contribution in [0.2, 0.25) is 5.02 Å². The standard InChI is InChI=1S/C12H16ClNO3/c1-4-17-12-9(7-16-3)5-10(6-11(12)13)14-8(2)15/h5-6H,4,7H2,1-3H3,(H,14,15). The first-order chi connectivity index (χ1) is 8.08. The van der Waals surface area contributed by atoms with E-state index in [1.807, 2.05) is 6.92 Å². The Kier molecular flexibility index (Phi) is 5.25. The molecule has 0 atom stereocenters. The van der Waals surface area contributed by atoms with Crippen LogP contribution in [0, 0.1) is 0 Å². The van der Waals surface area contributed by atoms with Gasteiger partial charge in [0.15, 0.2) is 0 Å². The van der Waals surface area contributed by atoms with Crippen LogP contribution in [0.15, 0.2) is 12.1 Å². The predicted molar refractivity (Wildman–Crippen MR) is 67.6 cm³/mol. The molecule has 1 aromatic carbocycles. The van der Waals surface area contributed by atoms with E-state index >= 15 is 0 Å². The second kappa shape index (κ2) is 6.47. The van der Waals surface area contributed by atoms with Crippen LogP contribution in [0.1, 0.15) is 19.4 Å². The van der Waals surface area contributed by atoms with Gasteiger partial charge in [0, 0.05) is 25.3 Å². The van der Waals surface area contributed by atoms with Crippen LogP contribution in [0.4, 0.5) is 5.69 Å². The van der Waals surface area contributed by atoms with Crippen LogP contribution in [0.25, 0.3) is 0 Å². The van der Waals surface area contributed by atoms with Crippen LogP contribution in [0.5, 0.6) is 5.75 Å². The van der Waals surface area contributed by atoms with Crippen LogP contribution in [-0.4, -0.2) is 19.6 Å². The van der Waals surface area contributed by atoms with Crippen molar-refractivity contribution in [2.75, 3.05) is 19.0 Å². The molecule has 1 rings (SSSR count). The normalized spacial score (nSPS) is 10.1. The number of hydrogen-bond donors (Lipinski definition) is 1. The third-order valence-electron chi connectivity index (χ3n) is 2.03. The minimum absolute atomic E-state index is 0.145. The number of anilines is 1. The topological polar surface area (TPSA) is 47.6 Å². The van der Waals surface area contributed by atoms with Gasteiger partial charge < -0.3 is 14.8 Å². The molecule has 1 amide bonds. The summed E-state index contributed by atoms with van der Waals surface area (Å²) >= 11 is 6.10. The molecule has 0 aliphatic rings. The second-order valence-corrected chi connectivity index (χ2v) is 3.90. The molecule has 0 saturated carbocycles. The van der Waals surface area contributed by atoms with Gasteiger partial charge in [-0.3, -0.25) is 4.79 Å². The Morgan fingerprint density at radius 2 is 2.18 bits per heavy atom. The van der Waals surface area contributed by atoms with Crippen molar-refractivity contribution < 1.29 is 14.3 Å². The minimum Gasteiger partial charge on any atom is -0.492 e. The first-order valence-electron chi connectivity index (χ1n) is 5.30. The van der Waals surface area contributed by atoms with Gasteiger partial charge in [-0.1, -0.05) is 11.6 Å². The van der Waals surface area contributed by atoms with E-state index in [9.17, 15) is 4.79 Å². The Balaban J connectivity index is 3.10. The number of carbonyl (C=O) groups is 1. The highest BCUT2D eigenvalue weighted by Crippen LogP contribution is 2.33. The van der Waals surface area contributed by atoms with Crippen molar-refractivity contribution in [2.24, 2.45) is 0 Å². The molecule has 1 aromatic rings. The summed E-state index contributed by atoms with van der Waals surface area (Å²) in [6.07, 6.45) is 0. The number of nitrogens with one attached hydrogen (secondary N) is 1. The molecule has 17 heavy (non-hydrogen) atoms. The van der Waals surface area contributed by atoms with Gasteiger partial charge in [-0.2, -0.15) is 0 Å². The number of benzene rings is 1. The zero-order valence-electron chi connectivity index (χ0n) is 10.2. The van der Waals surface area contributed by atoms with E-state index in [2.05, 4.69) is 5.32 Å². The van der Waals surface area contributed by atoms with Crippen LogP contribution >= 0.6 is 11.6 Å². The average molecular weight is 258 g/mol. The van der Waals surface area contributed by atoms with Gasteiger partial charge in [-0.05, 0) is 19.1 Å². The number of ether oxygens (including phenoxy) is 2. The fourth-order valence-corrected chi connectivity index (χ4v) is 1.79. The van der Waals surface area contributed by atoms with Crippen molar-refractivity contribution in [1.82, 2.24) is 0 Å². The lowest BCUT2D eigenvalue weighted by Gasteiger charge is -2.14. The van der Waals surface area contributed by atoms with Gasteiger partial charge in [-0.15, -0.1) is 0 Å². The first-order valence-corrected chi connectivity index (χ1v) is 5.68. The molecule has 5 heteroatoms. The Morgan fingerprint density at radius 3 is 2.71 bits per heavy atom. The smallest absolute Gasteiger partial charge is 0.221 e. The largest absolute Gasteiger partial charge is 0.492 e. The highest BCUT2D eigenvalue weighted by Gasteiger charge is 2.11. The van der Waals surface area contributed by atoms with Gasteiger partial charge in [0.2, 0.25) is 5.91 Å². The van der Waals surface area contributed by atoms with Crippen LogP contribution in [0.3, 0.4) is 0 Å². The molecule has 0 aliphatic heterocycles. The van der Waals surface area contributed by atoms with Gasteiger partial charge in [0.25, 0.3) is 0 Å². The third kappa shape index (κ3) is 3.91. The summed E-state index contributed by atoms with van der Waals surface area (Å²) in [5.41, 5.74) is 1.45. The lowest BCUT2D eigenvalue weighted by atomic mass is 10.2. The molecule has 1 N–H and O–H groups in total. The van der Waals surface area contributed by atoms with Crippen molar-refractivity contribution in [3.05, 3.63) is 22.7 Å². The van der Waals surface area contributed by atoms with E-state index in [4.69, 9.17) is 21.1 Å². The molecule has 4 nitrogen and oxygen atoms in total. The average Bonchev–Trinajstić information content (AvgIpc) is 2.22. The number of hydrogen-bond acceptors (Lipinski definition) is 3. The second-order valence-electron chi connectivity index (χ2n) is 3.49. The summed E-state index contributed by atoms with van der Waals surface area (Å²) in [6.45, 7) is 4.23. The van der Waals surface area contributed by atoms with E-state index in [0.717, 1.165) is 5.56 Å². The van der Waals surface area contributed by atoms with Crippen molar-refractivity contribution in [2.45, 2.75) is 20.5 Å². The summed E-state index contributed by atoms with van der Waals surface area (Å²) in [4.78, 5) is 11.0. The minimum atomic E-state index is -0.145. The maximum absolute atomic E-state index is 11.0. The SMILES string of the molecule is CCOc1c(Cl)cc(NC(C)=O)cc1COC. The molecule has 94 valence electrons. The molecule has 0 unspecified atom stereocenters. The molecular formula is C12H16ClNO3. The van der Waals surface area contributed by atoms with Crippen LogP contribution < -0.4 is 10.1 Å². The lowest BCUT2D eigenvalue weighted by molar-refractivity contribution is -0.114. The highest BCUT2D eigenvalue weighted by atomic mass is 35.5. The molecule has 0 spiro atoms. The zero-order valence-corrected chi connectivity index (χ0v) is 10.9. The molecule has 0 bridgehead atoms. The summed E-state index contributed by atoms with van der Waals surface area (Å²) in [6, 6.07) is 3.45. The fourth-order valence-electron chi connectivity index (χ4n) is 1.49. The Labute approximate surface area is 106 Å². The highest BCUT2D eigenvalue weighted by molar-refractivity contribution is 6.32. The van der Waals surface area contributed by atoms with Gasteiger partial charge in [-0.25, -0.2) is 0 Å². The van der Waals surface area contributed by atoms with E-state index in [0.29, 0.717) is 29.7 Å². The number of rotatable bonds is 5. The fraction of sp³-hybridized carbons (Fsp3) is 0.417. The first kappa shape index (κ1) is 13.8. The van der Waals surface area contributed by atoms with E-state index in [-0.39, 0.29) is 5.91 Å². The predicted octanol–water partition coefficient (Wildman–Crippen LogP) is 2.84. The molecule has 0 aromatic heterocycles. The van der Waals surface area contributed by atoms with E-state index in [1.54, 1.807) is 19.2 Å². The van der Waals surface area contributed by atoms with Crippen molar-refractivity contribution in [1.29, 1.82) is 0 Å². The van der Waals surface area contributed by atoms with E-state index in [1.165, 1.54) is 6.92 Å². The molecule has 0 heterocycles. The monoisotopic (exact) mass is 257 g/mol. The molecular weight excluding hydrogens is 242 g/mol. The summed E-state index contributed by atoms with van der Waals surface area (Å²) in [7, 11) is 1.59. The van der Waals surface area contributed by atoms with Crippen LogP contribution in [-0.2, 0) is 16.1 Å². The summed E-state index contributed by atoms with van der Waals surface area (Å²) in [5, 5.41) is 3.14. The third-order valence-corrected chi connectivity index (χ3v) is 2.31. The summed E-state index contributed by atoms with van der Waals surface area (Å²) < 4.78 is 10.5. The van der Waals surface area contributed by atoms with Gasteiger partial charge >= 0.3 is 0 Å². The number of methoxy groups -OCH3 is 1. The van der Waals surface area contributed by atoms with Crippen molar-refractivity contribution >= 4 is 23.2 Å². The summed E-state index contributed by atoms with van der Waals surface area (Å²) in [5.74, 6) is 0.457. The molecule has 0 fully saturated rings. The number of halogens is 1. The molecule has 0 aliphatic carbocycles. The van der Waals surface area contributed by atoms with Crippen molar-refractivity contribution in [3.8, 4) is 5.75 Å². The quantitative estimate of drug-likeness (QED) is 0.882. The Morgan fingerprint density at radius 1 is 1.47 bits per heavy atom. The molecule has 0 saturated heterocycles.